The van der Waals surface area contributed by atoms with Crippen LogP contribution in [0.2, 0.25) is 0 Å². The molecule has 1 atom stereocenters. The van der Waals surface area contributed by atoms with Crippen molar-refractivity contribution < 1.29 is 4.79 Å². The Kier molecular flexibility index (Phi) is 2.59. The summed E-state index contributed by atoms with van der Waals surface area (Å²) in [7, 11) is 1.91. The number of nitrogens with zero attached hydrogens (tertiary/aromatic N) is 1. The van der Waals surface area contributed by atoms with Gasteiger partial charge in [0.1, 0.15) is 0 Å². The molecule has 0 saturated heterocycles. The minimum atomic E-state index is 0.225. The molecule has 14 heavy (non-hydrogen) atoms. The van der Waals surface area contributed by atoms with Crippen LogP contribution in [0, 0.1) is 5.92 Å². The molecule has 76 valence electrons. The molecule has 1 fully saturated rings. The third-order valence-electron chi connectivity index (χ3n) is 2.81. The van der Waals surface area contributed by atoms with Crippen LogP contribution in [-0.2, 0) is 4.79 Å². The third-order valence-corrected chi connectivity index (χ3v) is 3.85. The molecule has 0 spiro atoms. The Morgan fingerprint density at radius 1 is 1.64 bits per heavy atom. The van der Waals surface area contributed by atoms with Crippen LogP contribution in [0.5, 0.6) is 0 Å². The van der Waals surface area contributed by atoms with Gasteiger partial charge in [0.05, 0.1) is 6.04 Å². The Labute approximate surface area is 88.5 Å². The van der Waals surface area contributed by atoms with Gasteiger partial charge in [0, 0.05) is 17.8 Å². The fourth-order valence-electron chi connectivity index (χ4n) is 1.53. The molecule has 0 aliphatic heterocycles. The van der Waals surface area contributed by atoms with Gasteiger partial charge in [-0.15, -0.1) is 11.3 Å². The average Bonchev–Trinajstić information content (AvgIpc) is 2.90. The first kappa shape index (κ1) is 9.71. The van der Waals surface area contributed by atoms with Gasteiger partial charge < -0.3 is 4.90 Å². The van der Waals surface area contributed by atoms with Crippen molar-refractivity contribution in [2.75, 3.05) is 7.05 Å². The Morgan fingerprint density at radius 2 is 2.36 bits per heavy atom. The van der Waals surface area contributed by atoms with Crippen molar-refractivity contribution in [2.45, 2.75) is 25.8 Å². The molecular formula is C11H15NOS. The van der Waals surface area contributed by atoms with Crippen molar-refractivity contribution >= 4 is 17.2 Å². The zero-order valence-corrected chi connectivity index (χ0v) is 9.38. The maximum absolute atomic E-state index is 11.8. The molecule has 1 aliphatic carbocycles. The predicted octanol–water partition coefficient (Wildman–Crippen LogP) is 2.68. The Morgan fingerprint density at radius 3 is 2.86 bits per heavy atom. The van der Waals surface area contributed by atoms with Gasteiger partial charge in [-0.3, -0.25) is 4.79 Å². The monoisotopic (exact) mass is 209 g/mol. The van der Waals surface area contributed by atoms with E-state index in [9.17, 15) is 4.79 Å². The molecule has 3 heteroatoms. The number of thiophene rings is 1. The molecule has 1 aromatic rings. The summed E-state index contributed by atoms with van der Waals surface area (Å²) >= 11 is 1.71. The SMILES string of the molecule is CC(c1cccs1)N(C)C(=O)C1CC1. The topological polar surface area (TPSA) is 20.3 Å². The minimum Gasteiger partial charge on any atom is -0.338 e. The number of hydrogen-bond acceptors (Lipinski definition) is 2. The molecule has 1 unspecified atom stereocenters. The van der Waals surface area contributed by atoms with Crippen LogP contribution in [-0.4, -0.2) is 17.9 Å². The van der Waals surface area contributed by atoms with E-state index in [4.69, 9.17) is 0 Å². The van der Waals surface area contributed by atoms with Gasteiger partial charge in [0.15, 0.2) is 0 Å². The highest BCUT2D eigenvalue weighted by Crippen LogP contribution is 2.33. The average molecular weight is 209 g/mol. The number of carbonyl (C=O) groups is 1. The van der Waals surface area contributed by atoms with Gasteiger partial charge in [-0.05, 0) is 31.2 Å². The second-order valence-electron chi connectivity index (χ2n) is 3.91. The van der Waals surface area contributed by atoms with Crippen molar-refractivity contribution in [3.63, 3.8) is 0 Å². The number of carbonyl (C=O) groups excluding carboxylic acids is 1. The number of rotatable bonds is 3. The summed E-state index contributed by atoms with van der Waals surface area (Å²) in [5.41, 5.74) is 0. The maximum atomic E-state index is 11.8. The Balaban J connectivity index is 2.03. The highest BCUT2D eigenvalue weighted by atomic mass is 32.1. The molecule has 1 aromatic heterocycles. The molecule has 1 saturated carbocycles. The van der Waals surface area contributed by atoms with E-state index in [1.807, 2.05) is 18.0 Å². The van der Waals surface area contributed by atoms with Crippen LogP contribution >= 0.6 is 11.3 Å². The highest BCUT2D eigenvalue weighted by molar-refractivity contribution is 7.10. The van der Waals surface area contributed by atoms with Crippen LogP contribution < -0.4 is 0 Å². The van der Waals surface area contributed by atoms with Crippen LogP contribution in [0.25, 0.3) is 0 Å². The van der Waals surface area contributed by atoms with Gasteiger partial charge in [-0.2, -0.15) is 0 Å². The van der Waals surface area contributed by atoms with E-state index in [1.165, 1.54) is 4.88 Å². The molecule has 2 nitrogen and oxygen atoms in total. The van der Waals surface area contributed by atoms with Crippen LogP contribution in [0.3, 0.4) is 0 Å². The van der Waals surface area contributed by atoms with Gasteiger partial charge in [-0.1, -0.05) is 6.07 Å². The van der Waals surface area contributed by atoms with E-state index < -0.39 is 0 Å². The third kappa shape index (κ3) is 1.82. The number of amides is 1. The lowest BCUT2D eigenvalue weighted by Crippen LogP contribution is -2.30. The molecule has 1 aliphatic rings. The molecular weight excluding hydrogens is 194 g/mol. The molecule has 0 bridgehead atoms. The number of hydrogen-bond donors (Lipinski definition) is 0. The summed E-state index contributed by atoms with van der Waals surface area (Å²) in [6.45, 7) is 2.09. The predicted molar refractivity (Wildman–Crippen MR) is 58.2 cm³/mol. The highest BCUT2D eigenvalue weighted by Gasteiger charge is 2.33. The van der Waals surface area contributed by atoms with Gasteiger partial charge in [0.2, 0.25) is 5.91 Å². The zero-order chi connectivity index (χ0) is 10.1. The van der Waals surface area contributed by atoms with Crippen LogP contribution in [0.1, 0.15) is 30.7 Å². The minimum absolute atomic E-state index is 0.225. The van der Waals surface area contributed by atoms with Crippen molar-refractivity contribution in [3.05, 3.63) is 22.4 Å². The Bertz CT molecular complexity index is 316. The smallest absolute Gasteiger partial charge is 0.225 e. The van der Waals surface area contributed by atoms with Gasteiger partial charge >= 0.3 is 0 Å². The van der Waals surface area contributed by atoms with Crippen molar-refractivity contribution in [3.8, 4) is 0 Å². The molecule has 1 heterocycles. The van der Waals surface area contributed by atoms with E-state index in [0.717, 1.165) is 12.8 Å². The molecule has 0 N–H and O–H groups in total. The lowest BCUT2D eigenvalue weighted by atomic mass is 10.2. The summed E-state index contributed by atoms with van der Waals surface area (Å²) in [6, 6.07) is 4.35. The first-order valence-corrected chi connectivity index (χ1v) is 5.88. The summed E-state index contributed by atoms with van der Waals surface area (Å²) in [5.74, 6) is 0.633. The summed E-state index contributed by atoms with van der Waals surface area (Å²) in [6.07, 6.45) is 2.17. The summed E-state index contributed by atoms with van der Waals surface area (Å²) in [5, 5.41) is 2.06. The van der Waals surface area contributed by atoms with Crippen LogP contribution in [0.15, 0.2) is 17.5 Å². The molecule has 2 rings (SSSR count). The molecule has 1 amide bonds. The lowest BCUT2D eigenvalue weighted by molar-refractivity contribution is -0.133. The largest absolute Gasteiger partial charge is 0.338 e. The zero-order valence-electron chi connectivity index (χ0n) is 8.56. The first-order chi connectivity index (χ1) is 6.70. The van der Waals surface area contributed by atoms with E-state index in [1.54, 1.807) is 11.3 Å². The van der Waals surface area contributed by atoms with Crippen molar-refractivity contribution in [2.24, 2.45) is 5.92 Å². The van der Waals surface area contributed by atoms with E-state index in [2.05, 4.69) is 18.4 Å². The summed E-state index contributed by atoms with van der Waals surface area (Å²) < 4.78 is 0. The summed E-state index contributed by atoms with van der Waals surface area (Å²) in [4.78, 5) is 14.9. The quantitative estimate of drug-likeness (QED) is 0.749. The fraction of sp³-hybridized carbons (Fsp3) is 0.545. The molecule has 0 aromatic carbocycles. The van der Waals surface area contributed by atoms with Crippen molar-refractivity contribution in [1.82, 2.24) is 4.90 Å². The van der Waals surface area contributed by atoms with Gasteiger partial charge in [0.25, 0.3) is 0 Å². The normalized spacial score (nSPS) is 17.9. The molecule has 0 radical (unpaired) electrons. The van der Waals surface area contributed by atoms with Crippen LogP contribution in [0.4, 0.5) is 0 Å². The van der Waals surface area contributed by atoms with Gasteiger partial charge in [-0.25, -0.2) is 0 Å². The van der Waals surface area contributed by atoms with E-state index in [0.29, 0.717) is 11.8 Å². The Hall–Kier alpha value is -0.830. The first-order valence-electron chi connectivity index (χ1n) is 5.00. The fourth-order valence-corrected chi connectivity index (χ4v) is 2.36. The lowest BCUT2D eigenvalue weighted by Gasteiger charge is -2.24. The maximum Gasteiger partial charge on any atom is 0.225 e. The van der Waals surface area contributed by atoms with E-state index in [-0.39, 0.29) is 6.04 Å². The second kappa shape index (κ2) is 3.73. The van der Waals surface area contributed by atoms with Crippen molar-refractivity contribution in [1.29, 1.82) is 0 Å². The van der Waals surface area contributed by atoms with E-state index >= 15 is 0 Å². The standard InChI is InChI=1S/C11H15NOS/c1-8(10-4-3-7-14-10)12(2)11(13)9-5-6-9/h3-4,7-9H,5-6H2,1-2H3. The second-order valence-corrected chi connectivity index (χ2v) is 4.89.